The minimum Gasteiger partial charge on any atom is -0.354 e. The lowest BCUT2D eigenvalue weighted by atomic mass is 10.5. The van der Waals surface area contributed by atoms with E-state index in [1.807, 2.05) is 26.0 Å². The molecule has 1 heterocycles. The number of rotatable bonds is 4. The summed E-state index contributed by atoms with van der Waals surface area (Å²) in [6, 6.07) is 0. The summed E-state index contributed by atoms with van der Waals surface area (Å²) in [5.41, 5.74) is -0.145. The Morgan fingerprint density at radius 2 is 2.07 bits per heavy atom. The Bertz CT molecular complexity index is 334. The molecule has 78 valence electrons. The molecule has 0 spiro atoms. The van der Waals surface area contributed by atoms with E-state index in [2.05, 4.69) is 14.9 Å². The van der Waals surface area contributed by atoms with Gasteiger partial charge in [-0.1, -0.05) is 0 Å². The van der Waals surface area contributed by atoms with Crippen molar-refractivity contribution in [2.45, 2.75) is 0 Å². The fraction of sp³-hybridized carbons (Fsp3) is 0.556. The highest BCUT2D eigenvalue weighted by atomic mass is 16.1. The highest BCUT2D eigenvalue weighted by Crippen LogP contribution is 1.97. The standard InChI is InChI=1S/C9H16N4O/c1-12(2)6-7-13(3)8-9(14)11-5-4-10-8/h4-5H,6-7H2,1-3H3,(H,11,14). The monoisotopic (exact) mass is 196 g/mol. The van der Waals surface area contributed by atoms with Crippen molar-refractivity contribution in [3.8, 4) is 0 Å². The van der Waals surface area contributed by atoms with Crippen LogP contribution in [-0.2, 0) is 0 Å². The van der Waals surface area contributed by atoms with E-state index in [-0.39, 0.29) is 5.56 Å². The van der Waals surface area contributed by atoms with Crippen LogP contribution in [0.2, 0.25) is 0 Å². The number of hydrogen-bond acceptors (Lipinski definition) is 4. The maximum absolute atomic E-state index is 11.3. The molecular formula is C9H16N4O. The van der Waals surface area contributed by atoms with E-state index in [9.17, 15) is 4.79 Å². The molecule has 0 atom stereocenters. The quantitative estimate of drug-likeness (QED) is 0.722. The molecule has 0 aliphatic carbocycles. The summed E-state index contributed by atoms with van der Waals surface area (Å²) in [6.07, 6.45) is 3.12. The van der Waals surface area contributed by atoms with E-state index in [1.165, 1.54) is 6.20 Å². The topological polar surface area (TPSA) is 52.2 Å². The molecule has 0 aliphatic rings. The van der Waals surface area contributed by atoms with E-state index in [1.54, 1.807) is 6.20 Å². The lowest BCUT2D eigenvalue weighted by Crippen LogP contribution is -2.32. The predicted molar refractivity (Wildman–Crippen MR) is 56.7 cm³/mol. The van der Waals surface area contributed by atoms with E-state index in [0.717, 1.165) is 13.1 Å². The van der Waals surface area contributed by atoms with Crippen LogP contribution in [-0.4, -0.2) is 49.1 Å². The van der Waals surface area contributed by atoms with Crippen molar-refractivity contribution in [1.29, 1.82) is 0 Å². The van der Waals surface area contributed by atoms with Crippen LogP contribution in [0.1, 0.15) is 0 Å². The van der Waals surface area contributed by atoms with Crippen molar-refractivity contribution in [3.63, 3.8) is 0 Å². The Hall–Kier alpha value is -1.36. The molecule has 0 aliphatic heterocycles. The van der Waals surface area contributed by atoms with Crippen molar-refractivity contribution in [3.05, 3.63) is 22.7 Å². The van der Waals surface area contributed by atoms with Gasteiger partial charge in [0, 0.05) is 32.5 Å². The van der Waals surface area contributed by atoms with Crippen LogP contribution < -0.4 is 10.5 Å². The van der Waals surface area contributed by atoms with E-state index < -0.39 is 0 Å². The number of hydrogen-bond donors (Lipinski definition) is 1. The molecule has 1 aromatic rings. The molecular weight excluding hydrogens is 180 g/mol. The molecule has 0 unspecified atom stereocenters. The van der Waals surface area contributed by atoms with Crippen molar-refractivity contribution >= 4 is 5.82 Å². The summed E-state index contributed by atoms with van der Waals surface area (Å²) in [5.74, 6) is 0.467. The van der Waals surface area contributed by atoms with Crippen molar-refractivity contribution in [2.75, 3.05) is 39.1 Å². The largest absolute Gasteiger partial charge is 0.354 e. The Kier molecular flexibility index (Phi) is 3.64. The molecule has 0 amide bonds. The van der Waals surface area contributed by atoms with E-state index >= 15 is 0 Å². The van der Waals surface area contributed by atoms with Crippen molar-refractivity contribution in [1.82, 2.24) is 14.9 Å². The van der Waals surface area contributed by atoms with Gasteiger partial charge in [0.1, 0.15) is 0 Å². The average Bonchev–Trinajstić information content (AvgIpc) is 2.15. The molecule has 1 N–H and O–H groups in total. The zero-order valence-corrected chi connectivity index (χ0v) is 8.82. The molecule has 0 radical (unpaired) electrons. The van der Waals surface area contributed by atoms with Gasteiger partial charge in [0.25, 0.3) is 5.56 Å². The Labute approximate surface area is 83.4 Å². The fourth-order valence-corrected chi connectivity index (χ4v) is 1.07. The van der Waals surface area contributed by atoms with Gasteiger partial charge in [-0.15, -0.1) is 0 Å². The van der Waals surface area contributed by atoms with Gasteiger partial charge >= 0.3 is 0 Å². The van der Waals surface area contributed by atoms with Crippen LogP contribution in [0.3, 0.4) is 0 Å². The minimum absolute atomic E-state index is 0.145. The molecule has 0 bridgehead atoms. The minimum atomic E-state index is -0.145. The molecule has 5 heteroatoms. The third-order valence-electron chi connectivity index (χ3n) is 1.93. The Morgan fingerprint density at radius 1 is 1.36 bits per heavy atom. The van der Waals surface area contributed by atoms with Gasteiger partial charge in [-0.05, 0) is 14.1 Å². The number of nitrogens with one attached hydrogen (secondary N) is 1. The number of anilines is 1. The SMILES string of the molecule is CN(C)CCN(C)c1ncc[nH]c1=O. The van der Waals surface area contributed by atoms with Crippen LogP contribution in [0.15, 0.2) is 17.2 Å². The number of nitrogens with zero attached hydrogens (tertiary/aromatic N) is 3. The van der Waals surface area contributed by atoms with Crippen LogP contribution in [0, 0.1) is 0 Å². The van der Waals surface area contributed by atoms with Gasteiger partial charge in [0.15, 0.2) is 5.82 Å². The van der Waals surface area contributed by atoms with Crippen LogP contribution >= 0.6 is 0 Å². The van der Waals surface area contributed by atoms with Crippen LogP contribution in [0.4, 0.5) is 5.82 Å². The highest BCUT2D eigenvalue weighted by Gasteiger charge is 2.05. The lowest BCUT2D eigenvalue weighted by molar-refractivity contribution is 0.416. The van der Waals surface area contributed by atoms with E-state index in [0.29, 0.717) is 5.82 Å². The third kappa shape index (κ3) is 2.85. The zero-order chi connectivity index (χ0) is 10.6. The summed E-state index contributed by atoms with van der Waals surface area (Å²) in [5, 5.41) is 0. The number of likely N-dealkylation sites (N-methyl/N-ethyl adjacent to an activating group) is 2. The Balaban J connectivity index is 2.65. The van der Waals surface area contributed by atoms with Crippen molar-refractivity contribution in [2.24, 2.45) is 0 Å². The second-order valence-electron chi connectivity index (χ2n) is 3.47. The van der Waals surface area contributed by atoms with E-state index in [4.69, 9.17) is 0 Å². The molecule has 0 saturated heterocycles. The van der Waals surface area contributed by atoms with Crippen LogP contribution in [0.25, 0.3) is 0 Å². The van der Waals surface area contributed by atoms with Crippen LogP contribution in [0.5, 0.6) is 0 Å². The van der Waals surface area contributed by atoms with Gasteiger partial charge in [0.2, 0.25) is 0 Å². The Morgan fingerprint density at radius 3 is 2.64 bits per heavy atom. The molecule has 14 heavy (non-hydrogen) atoms. The first kappa shape index (κ1) is 10.7. The summed E-state index contributed by atoms with van der Waals surface area (Å²) >= 11 is 0. The second-order valence-corrected chi connectivity index (χ2v) is 3.47. The smallest absolute Gasteiger partial charge is 0.290 e. The number of aromatic nitrogens is 2. The number of aromatic amines is 1. The fourth-order valence-electron chi connectivity index (χ4n) is 1.07. The van der Waals surface area contributed by atoms with Gasteiger partial charge in [0.05, 0.1) is 0 Å². The maximum atomic E-state index is 11.3. The molecule has 1 rings (SSSR count). The van der Waals surface area contributed by atoms with Gasteiger partial charge in [-0.25, -0.2) is 4.98 Å². The zero-order valence-electron chi connectivity index (χ0n) is 8.82. The predicted octanol–water partition coefficient (Wildman–Crippen LogP) is -0.232. The van der Waals surface area contributed by atoms with Gasteiger partial charge < -0.3 is 14.8 Å². The summed E-state index contributed by atoms with van der Waals surface area (Å²) < 4.78 is 0. The first-order chi connectivity index (χ1) is 6.61. The summed E-state index contributed by atoms with van der Waals surface area (Å²) in [4.78, 5) is 21.9. The second kappa shape index (κ2) is 4.76. The number of H-pyrrole nitrogens is 1. The maximum Gasteiger partial charge on any atom is 0.290 e. The lowest BCUT2D eigenvalue weighted by Gasteiger charge is -2.19. The highest BCUT2D eigenvalue weighted by molar-refractivity contribution is 5.33. The first-order valence-electron chi connectivity index (χ1n) is 4.51. The van der Waals surface area contributed by atoms with Crippen molar-refractivity contribution < 1.29 is 0 Å². The summed E-state index contributed by atoms with van der Waals surface area (Å²) in [7, 11) is 5.86. The first-order valence-corrected chi connectivity index (χ1v) is 4.51. The average molecular weight is 196 g/mol. The third-order valence-corrected chi connectivity index (χ3v) is 1.93. The molecule has 0 saturated carbocycles. The van der Waals surface area contributed by atoms with Gasteiger partial charge in [-0.2, -0.15) is 0 Å². The molecule has 1 aromatic heterocycles. The van der Waals surface area contributed by atoms with Gasteiger partial charge in [-0.3, -0.25) is 4.79 Å². The summed E-state index contributed by atoms with van der Waals surface area (Å²) in [6.45, 7) is 1.68. The molecule has 0 aromatic carbocycles. The molecule has 5 nitrogen and oxygen atoms in total. The normalized spacial score (nSPS) is 10.6. The molecule has 0 fully saturated rings.